The maximum atomic E-state index is 16.0. The molecule has 6 aliphatic heterocycles. The number of thiazole rings is 1. The van der Waals surface area contributed by atoms with E-state index in [9.17, 15) is 24.0 Å². The van der Waals surface area contributed by atoms with Gasteiger partial charge in [-0.15, -0.1) is 11.3 Å². The van der Waals surface area contributed by atoms with Crippen LogP contribution in [-0.4, -0.2) is 116 Å². The standard InChI is InChI=1S/C48H47F3N10O5S/c49-37-21-30(20-34-35(37)24-61(44(34)65)41(43(64)55-46-52-12-19-67-46)40-38-2-1-13-60(38)27-53-40)28-5-9-33(10-6-28)58-15-17-59(18-16-58)39(62)25-57-14-11-36(48(50,51)26-57)29-3-7-32(8-4-29)56-47-22-31(23-47)42(63)54-45(47)66/h3-10,12,19-21,27,31,36,41,56H,1-2,11,13-18,22-26H2,(H,52,55,64)(H,54,63,66). The predicted molar refractivity (Wildman–Crippen MR) is 242 cm³/mol. The van der Waals surface area contributed by atoms with Gasteiger partial charge in [0.15, 0.2) is 11.2 Å². The Hall–Kier alpha value is -6.60. The average molecular weight is 933 g/mol. The summed E-state index contributed by atoms with van der Waals surface area (Å²) in [7, 11) is 0. The van der Waals surface area contributed by atoms with E-state index in [-0.39, 0.29) is 54.3 Å². The molecule has 3 aromatic carbocycles. The lowest BCUT2D eigenvalue weighted by molar-refractivity contribution is -0.149. The van der Waals surface area contributed by atoms with Crippen LogP contribution in [0.2, 0.25) is 0 Å². The van der Waals surface area contributed by atoms with E-state index < -0.39 is 47.6 Å². The van der Waals surface area contributed by atoms with Gasteiger partial charge in [0.05, 0.1) is 37.6 Å². The number of fused-ring (bicyclic) bond motifs is 4. The van der Waals surface area contributed by atoms with E-state index in [1.165, 1.54) is 27.2 Å². The molecule has 5 aromatic rings. The Kier molecular flexibility index (Phi) is 10.7. The van der Waals surface area contributed by atoms with Crippen molar-refractivity contribution in [1.82, 2.24) is 34.6 Å². The Morgan fingerprint density at radius 2 is 1.70 bits per heavy atom. The number of rotatable bonds is 11. The van der Waals surface area contributed by atoms with Gasteiger partial charge in [0.1, 0.15) is 11.4 Å². The number of piperidine rings is 3. The van der Waals surface area contributed by atoms with Gasteiger partial charge in [-0.05, 0) is 91.7 Å². The zero-order valence-electron chi connectivity index (χ0n) is 36.4. The number of amides is 5. The van der Waals surface area contributed by atoms with Crippen LogP contribution < -0.4 is 20.9 Å². The van der Waals surface area contributed by atoms with Crippen molar-refractivity contribution in [2.24, 2.45) is 5.92 Å². The number of piperazine rings is 1. The number of aryl methyl sites for hydroxylation is 1. The van der Waals surface area contributed by atoms with Gasteiger partial charge in [-0.2, -0.15) is 0 Å². The summed E-state index contributed by atoms with van der Waals surface area (Å²) >= 11 is 1.26. The number of hydrogen-bond donors (Lipinski definition) is 3. The lowest BCUT2D eigenvalue weighted by atomic mass is 9.64. The van der Waals surface area contributed by atoms with Crippen LogP contribution in [0.25, 0.3) is 11.1 Å². The minimum Gasteiger partial charge on any atom is -0.371 e. The molecule has 2 atom stereocenters. The van der Waals surface area contributed by atoms with Gasteiger partial charge in [0.25, 0.3) is 23.6 Å². The van der Waals surface area contributed by atoms with E-state index >= 15 is 13.2 Å². The largest absolute Gasteiger partial charge is 0.371 e. The number of imide groups is 1. The minimum absolute atomic E-state index is 0.0906. The second kappa shape index (κ2) is 16.6. The molecule has 346 valence electrons. The molecule has 1 aliphatic carbocycles. The van der Waals surface area contributed by atoms with Crippen molar-refractivity contribution in [2.45, 2.75) is 68.6 Å². The topological polar surface area (TPSA) is 165 Å². The predicted octanol–water partition coefficient (Wildman–Crippen LogP) is 5.42. The number of carbonyl (C=O) groups is 5. The van der Waals surface area contributed by atoms with Gasteiger partial charge >= 0.3 is 0 Å². The molecule has 5 fully saturated rings. The van der Waals surface area contributed by atoms with E-state index in [1.807, 2.05) is 28.8 Å². The number of nitrogens with zero attached hydrogens (tertiary/aromatic N) is 7. The Morgan fingerprint density at radius 1 is 0.925 bits per heavy atom. The number of carbonyl (C=O) groups excluding carboxylic acids is 5. The third-order valence-electron chi connectivity index (χ3n) is 14.5. The maximum absolute atomic E-state index is 16.0. The number of benzene rings is 3. The first-order valence-corrected chi connectivity index (χ1v) is 23.5. The van der Waals surface area contributed by atoms with Crippen LogP contribution in [-0.2, 0) is 38.7 Å². The highest BCUT2D eigenvalue weighted by Crippen LogP contribution is 2.45. The molecule has 15 nitrogen and oxygen atoms in total. The quantitative estimate of drug-likeness (QED) is 0.146. The van der Waals surface area contributed by atoms with Crippen LogP contribution in [0.5, 0.6) is 0 Å². The molecule has 2 unspecified atom stereocenters. The van der Waals surface area contributed by atoms with Gasteiger partial charge in [-0.25, -0.2) is 23.1 Å². The van der Waals surface area contributed by atoms with Crippen LogP contribution in [0.4, 0.5) is 29.7 Å². The van der Waals surface area contributed by atoms with E-state index in [4.69, 9.17) is 0 Å². The van der Waals surface area contributed by atoms with E-state index in [0.717, 1.165) is 24.3 Å². The van der Waals surface area contributed by atoms with Gasteiger partial charge in [-0.1, -0.05) is 24.3 Å². The van der Waals surface area contributed by atoms with Crippen LogP contribution in [0.15, 0.2) is 78.6 Å². The van der Waals surface area contributed by atoms with Gasteiger partial charge < -0.3 is 24.6 Å². The van der Waals surface area contributed by atoms with Crippen LogP contribution >= 0.6 is 11.3 Å². The molecule has 2 bridgehead atoms. The molecule has 1 saturated carbocycles. The van der Waals surface area contributed by atoms with Crippen LogP contribution in [0, 0.1) is 11.7 Å². The first kappa shape index (κ1) is 43.0. The first-order chi connectivity index (χ1) is 32.3. The molecule has 19 heteroatoms. The van der Waals surface area contributed by atoms with Crippen molar-refractivity contribution in [3.63, 3.8) is 0 Å². The highest BCUT2D eigenvalue weighted by Gasteiger charge is 2.58. The molecule has 7 aliphatic rings. The summed E-state index contributed by atoms with van der Waals surface area (Å²) < 4.78 is 49.3. The molecular weight excluding hydrogens is 886 g/mol. The fourth-order valence-electron chi connectivity index (χ4n) is 10.8. The van der Waals surface area contributed by atoms with E-state index in [2.05, 4.69) is 30.8 Å². The normalized spacial score (nSPS) is 23.6. The van der Waals surface area contributed by atoms with Crippen molar-refractivity contribution in [3.05, 3.63) is 112 Å². The fraction of sp³-hybridized carbons (Fsp3) is 0.396. The number of likely N-dealkylation sites (tertiary alicyclic amines) is 1. The number of hydrogen-bond acceptors (Lipinski definition) is 11. The highest BCUT2D eigenvalue weighted by atomic mass is 32.1. The smallest absolute Gasteiger partial charge is 0.267 e. The Labute approximate surface area is 387 Å². The Balaban J connectivity index is 0.690. The third-order valence-corrected chi connectivity index (χ3v) is 15.1. The summed E-state index contributed by atoms with van der Waals surface area (Å²) in [5.41, 5.74) is 4.18. The summed E-state index contributed by atoms with van der Waals surface area (Å²) in [5, 5.41) is 10.6. The number of nitrogens with one attached hydrogen (secondary N) is 3. The summed E-state index contributed by atoms with van der Waals surface area (Å²) in [6, 6.07) is 16.3. The SMILES string of the molecule is O=C1NC(=O)C2(Nc3ccc(C4CCN(CC(=O)N5CCN(c6ccc(-c7cc(F)c8c(c7)C(=O)N(C(C(=O)Nc7nccs7)c7ncn9c7CCC9)C8)cc6)CC5)CC4(F)F)cc3)CC1C2. The average Bonchev–Trinajstić information content (AvgIpc) is 4.13. The molecule has 3 N–H and O–H groups in total. The minimum atomic E-state index is -3.06. The van der Waals surface area contributed by atoms with Gasteiger partial charge in [-0.3, -0.25) is 39.5 Å². The molecule has 67 heavy (non-hydrogen) atoms. The number of halogens is 3. The molecular formula is C48H47F3N10O5S. The molecule has 2 aromatic heterocycles. The molecule has 0 radical (unpaired) electrons. The van der Waals surface area contributed by atoms with Gasteiger partial charge in [0.2, 0.25) is 11.8 Å². The van der Waals surface area contributed by atoms with Crippen LogP contribution in [0.3, 0.4) is 0 Å². The summed E-state index contributed by atoms with van der Waals surface area (Å²) in [4.78, 5) is 81.2. The number of aromatic nitrogens is 3. The highest BCUT2D eigenvalue weighted by molar-refractivity contribution is 7.13. The molecule has 4 saturated heterocycles. The first-order valence-electron chi connectivity index (χ1n) is 22.7. The molecule has 12 rings (SSSR count). The zero-order valence-corrected chi connectivity index (χ0v) is 37.2. The molecule has 5 amide bonds. The fourth-order valence-corrected chi connectivity index (χ4v) is 11.3. The van der Waals surface area contributed by atoms with Crippen LogP contribution in [0.1, 0.15) is 70.5 Å². The Bertz CT molecular complexity index is 2790. The number of alkyl halides is 2. The van der Waals surface area contributed by atoms with Crippen molar-refractivity contribution in [1.29, 1.82) is 0 Å². The third kappa shape index (κ3) is 7.80. The van der Waals surface area contributed by atoms with Crippen molar-refractivity contribution in [3.8, 4) is 11.1 Å². The zero-order chi connectivity index (χ0) is 46.2. The number of imidazole rings is 1. The summed E-state index contributed by atoms with van der Waals surface area (Å²) in [5.74, 6) is -6.53. The lowest BCUT2D eigenvalue weighted by Crippen LogP contribution is -2.69. The second-order valence-corrected chi connectivity index (χ2v) is 19.4. The van der Waals surface area contributed by atoms with Gasteiger partial charge in [0, 0.05) is 78.4 Å². The summed E-state index contributed by atoms with van der Waals surface area (Å²) in [6.07, 6.45) is 5.90. The number of anilines is 3. The summed E-state index contributed by atoms with van der Waals surface area (Å²) in [6.45, 7) is 2.31. The lowest BCUT2D eigenvalue weighted by Gasteiger charge is -2.50. The van der Waals surface area contributed by atoms with Crippen molar-refractivity contribution >= 4 is 57.4 Å². The molecule has 0 spiro atoms. The van der Waals surface area contributed by atoms with Crippen molar-refractivity contribution in [2.75, 3.05) is 61.3 Å². The monoisotopic (exact) mass is 932 g/mol. The maximum Gasteiger partial charge on any atom is 0.267 e. The van der Waals surface area contributed by atoms with E-state index in [1.54, 1.807) is 53.1 Å². The van der Waals surface area contributed by atoms with E-state index in [0.29, 0.717) is 85.2 Å². The Morgan fingerprint density at radius 3 is 2.42 bits per heavy atom. The second-order valence-electron chi connectivity index (χ2n) is 18.5. The molecule has 8 heterocycles. The van der Waals surface area contributed by atoms with Crippen molar-refractivity contribution < 1.29 is 37.1 Å².